The average molecular weight is 492 g/mol. The molecule has 0 unspecified atom stereocenters. The molecule has 7 heteroatoms. The van der Waals surface area contributed by atoms with Gasteiger partial charge >= 0.3 is 0 Å². The number of imidazole rings is 1. The number of fused-ring (bicyclic) bond motifs is 5. The first-order chi connectivity index (χ1) is 18.2. The Morgan fingerprint density at radius 3 is 2.46 bits per heavy atom. The van der Waals surface area contributed by atoms with Crippen molar-refractivity contribution < 1.29 is 4.74 Å². The third-order valence-corrected chi connectivity index (χ3v) is 8.05. The van der Waals surface area contributed by atoms with E-state index in [1.165, 1.54) is 12.8 Å². The van der Waals surface area contributed by atoms with Crippen LogP contribution in [-0.4, -0.2) is 52.6 Å². The number of H-pyrrole nitrogens is 2. The van der Waals surface area contributed by atoms with Crippen LogP contribution in [0.1, 0.15) is 12.8 Å². The Hall–Kier alpha value is -4.10. The van der Waals surface area contributed by atoms with E-state index >= 15 is 0 Å². The molecule has 0 saturated carbocycles. The van der Waals surface area contributed by atoms with E-state index in [9.17, 15) is 4.79 Å². The lowest BCUT2D eigenvalue weighted by molar-refractivity contribution is 0.0976. The number of nitrogens with zero attached hydrogens (tertiary/aromatic N) is 2. The van der Waals surface area contributed by atoms with Crippen molar-refractivity contribution in [3.63, 3.8) is 0 Å². The number of methoxy groups -OCH3 is 1. The number of pyridine rings is 1. The standard InChI is InChI=1S/C30H29N5O2/c1-37-21-9-6-18(7-10-21)20-8-11-23-22(16-20)28(31-26-17-35-14-12-19(26)13-15-35)27(30(36)34-23)29-32-24-4-2-3-5-25(24)33-29/h2-11,16,19,26H,12-15,17H2,1H3,(H,32,33)(H2,31,34,36)/t26-/m0/s1. The van der Waals surface area contributed by atoms with Gasteiger partial charge in [0.15, 0.2) is 0 Å². The van der Waals surface area contributed by atoms with Crippen molar-refractivity contribution in [1.82, 2.24) is 19.9 Å². The normalized spacial score (nSPS) is 20.9. The van der Waals surface area contributed by atoms with Crippen molar-refractivity contribution in [3.8, 4) is 28.3 Å². The minimum Gasteiger partial charge on any atom is -0.497 e. The summed E-state index contributed by atoms with van der Waals surface area (Å²) in [7, 11) is 1.67. The molecule has 0 amide bonds. The lowest BCUT2D eigenvalue weighted by Crippen LogP contribution is -2.53. The third-order valence-electron chi connectivity index (χ3n) is 8.05. The van der Waals surface area contributed by atoms with Gasteiger partial charge in [-0.05, 0) is 79.4 Å². The van der Waals surface area contributed by atoms with E-state index < -0.39 is 0 Å². The summed E-state index contributed by atoms with van der Waals surface area (Å²) >= 11 is 0. The van der Waals surface area contributed by atoms with Gasteiger partial charge in [0.1, 0.15) is 17.1 Å². The first-order valence-corrected chi connectivity index (χ1v) is 12.9. The summed E-state index contributed by atoms with van der Waals surface area (Å²) in [5.41, 5.74) is 6.01. The Balaban J connectivity index is 1.42. The maximum atomic E-state index is 13.6. The predicted octanol–water partition coefficient (Wildman–Crippen LogP) is 5.25. The van der Waals surface area contributed by atoms with Gasteiger partial charge in [0.25, 0.3) is 5.56 Å². The monoisotopic (exact) mass is 491 g/mol. The quantitative estimate of drug-likeness (QED) is 0.313. The Morgan fingerprint density at radius 1 is 0.946 bits per heavy atom. The van der Waals surface area contributed by atoms with Gasteiger partial charge in [0.2, 0.25) is 0 Å². The van der Waals surface area contributed by atoms with Gasteiger partial charge in [-0.25, -0.2) is 4.98 Å². The van der Waals surface area contributed by atoms with E-state index in [0.717, 1.165) is 64.1 Å². The van der Waals surface area contributed by atoms with E-state index in [-0.39, 0.29) is 5.56 Å². The summed E-state index contributed by atoms with van der Waals surface area (Å²) in [6.07, 6.45) is 2.38. The second kappa shape index (κ2) is 8.78. The molecule has 186 valence electrons. The van der Waals surface area contributed by atoms with E-state index in [2.05, 4.69) is 44.5 Å². The summed E-state index contributed by atoms with van der Waals surface area (Å²) in [5, 5.41) is 4.85. The predicted molar refractivity (Wildman–Crippen MR) is 148 cm³/mol. The summed E-state index contributed by atoms with van der Waals surface area (Å²) in [6, 6.07) is 22.5. The summed E-state index contributed by atoms with van der Waals surface area (Å²) < 4.78 is 5.34. The van der Waals surface area contributed by atoms with Crippen molar-refractivity contribution in [2.45, 2.75) is 18.9 Å². The Morgan fingerprint density at radius 2 is 1.73 bits per heavy atom. The van der Waals surface area contributed by atoms with Crippen LogP contribution >= 0.6 is 0 Å². The third kappa shape index (κ3) is 3.86. The zero-order valence-electron chi connectivity index (χ0n) is 20.8. The molecular formula is C30H29N5O2. The van der Waals surface area contributed by atoms with Gasteiger partial charge in [0.05, 0.1) is 29.3 Å². The molecule has 3 aliphatic rings. The lowest BCUT2D eigenvalue weighted by atomic mass is 9.83. The van der Waals surface area contributed by atoms with Gasteiger partial charge in [-0.2, -0.15) is 0 Å². The van der Waals surface area contributed by atoms with Crippen LogP contribution in [0.5, 0.6) is 5.75 Å². The van der Waals surface area contributed by atoms with Crippen LogP contribution in [0, 0.1) is 5.92 Å². The van der Waals surface area contributed by atoms with Gasteiger partial charge in [-0.15, -0.1) is 0 Å². The molecule has 37 heavy (non-hydrogen) atoms. The second-order valence-corrected chi connectivity index (χ2v) is 10.2. The van der Waals surface area contributed by atoms with Crippen molar-refractivity contribution >= 4 is 27.6 Å². The number of para-hydroxylation sites is 2. The Labute approximate surface area is 214 Å². The highest BCUT2D eigenvalue weighted by Gasteiger charge is 2.35. The number of rotatable bonds is 5. The summed E-state index contributed by atoms with van der Waals surface area (Å²) in [6.45, 7) is 3.32. The first kappa shape index (κ1) is 22.1. The zero-order valence-corrected chi connectivity index (χ0v) is 20.8. The minimum absolute atomic E-state index is 0.146. The van der Waals surface area contributed by atoms with Crippen LogP contribution < -0.4 is 15.6 Å². The fourth-order valence-electron chi connectivity index (χ4n) is 6.02. The highest BCUT2D eigenvalue weighted by molar-refractivity contribution is 6.01. The zero-order chi connectivity index (χ0) is 24.9. The van der Waals surface area contributed by atoms with Gasteiger partial charge in [-0.1, -0.05) is 30.3 Å². The second-order valence-electron chi connectivity index (χ2n) is 10.2. The first-order valence-electron chi connectivity index (χ1n) is 12.9. The molecule has 0 spiro atoms. The smallest absolute Gasteiger partial charge is 0.261 e. The van der Waals surface area contributed by atoms with Gasteiger partial charge < -0.3 is 24.9 Å². The number of aromatic amines is 2. The highest BCUT2D eigenvalue weighted by Crippen LogP contribution is 2.37. The largest absolute Gasteiger partial charge is 0.497 e. The Kier molecular flexibility index (Phi) is 5.25. The van der Waals surface area contributed by atoms with E-state index in [1.807, 2.05) is 42.5 Å². The van der Waals surface area contributed by atoms with E-state index in [1.54, 1.807) is 7.11 Å². The van der Waals surface area contributed by atoms with Crippen LogP contribution in [0.4, 0.5) is 5.69 Å². The Bertz CT molecular complexity index is 1630. The minimum atomic E-state index is -0.146. The maximum Gasteiger partial charge on any atom is 0.261 e. The van der Waals surface area contributed by atoms with Crippen LogP contribution in [0.3, 0.4) is 0 Å². The van der Waals surface area contributed by atoms with Crippen LogP contribution in [-0.2, 0) is 0 Å². The van der Waals surface area contributed by atoms with Gasteiger partial charge in [-0.3, -0.25) is 4.79 Å². The fourth-order valence-corrected chi connectivity index (χ4v) is 6.02. The number of hydrogen-bond acceptors (Lipinski definition) is 5. The number of benzene rings is 3. The number of anilines is 1. The molecule has 3 fully saturated rings. The molecular weight excluding hydrogens is 462 g/mol. The summed E-state index contributed by atoms with van der Waals surface area (Å²) in [5.74, 6) is 2.02. The molecule has 3 N–H and O–H groups in total. The van der Waals surface area contributed by atoms with Crippen LogP contribution in [0.2, 0.25) is 0 Å². The van der Waals surface area contributed by atoms with Crippen molar-refractivity contribution in [2.75, 3.05) is 32.1 Å². The molecule has 5 aromatic rings. The van der Waals surface area contributed by atoms with Crippen LogP contribution in [0.15, 0.2) is 71.5 Å². The van der Waals surface area contributed by atoms with Crippen molar-refractivity contribution in [2.24, 2.45) is 5.92 Å². The van der Waals surface area contributed by atoms with Crippen molar-refractivity contribution in [1.29, 1.82) is 0 Å². The molecule has 1 atom stereocenters. The molecule has 3 aromatic carbocycles. The maximum absolute atomic E-state index is 13.6. The fraction of sp³-hybridized carbons (Fsp3) is 0.267. The van der Waals surface area contributed by atoms with Gasteiger partial charge in [0, 0.05) is 18.0 Å². The highest BCUT2D eigenvalue weighted by atomic mass is 16.5. The number of ether oxygens (including phenoxy) is 1. The van der Waals surface area contributed by atoms with Crippen molar-refractivity contribution in [3.05, 3.63) is 77.1 Å². The molecule has 3 saturated heterocycles. The number of nitrogens with one attached hydrogen (secondary N) is 3. The molecule has 0 aliphatic carbocycles. The SMILES string of the molecule is COc1ccc(-c2ccc3[nH]c(=O)c(-c4nc5ccccc5[nH]4)c(N[C@H]4CN5CCC4CC5)c3c2)cc1. The summed E-state index contributed by atoms with van der Waals surface area (Å²) in [4.78, 5) is 27.4. The lowest BCUT2D eigenvalue weighted by Gasteiger charge is -2.45. The molecule has 2 aromatic heterocycles. The molecule has 7 nitrogen and oxygen atoms in total. The number of hydrogen-bond donors (Lipinski definition) is 3. The number of piperidine rings is 3. The molecule has 3 aliphatic heterocycles. The molecule has 0 radical (unpaired) electrons. The molecule has 8 rings (SSSR count). The van der Waals surface area contributed by atoms with E-state index in [4.69, 9.17) is 9.72 Å². The molecule has 2 bridgehead atoms. The number of aromatic nitrogens is 3. The molecule has 5 heterocycles. The van der Waals surface area contributed by atoms with E-state index in [0.29, 0.717) is 23.3 Å². The average Bonchev–Trinajstić information content (AvgIpc) is 3.37. The topological polar surface area (TPSA) is 86.0 Å². The van der Waals surface area contributed by atoms with Crippen LogP contribution in [0.25, 0.3) is 44.5 Å².